The number of nitrogens with two attached hydrogens (primary N) is 1. The van der Waals surface area contributed by atoms with Crippen molar-refractivity contribution >= 4 is 23.4 Å². The molecule has 0 aliphatic heterocycles. The zero-order chi connectivity index (χ0) is 21.7. The van der Waals surface area contributed by atoms with Crippen LogP contribution in [0.25, 0.3) is 5.69 Å². The zero-order valence-electron chi connectivity index (χ0n) is 16.2. The number of aromatic nitrogens is 2. The van der Waals surface area contributed by atoms with Crippen LogP contribution in [0.5, 0.6) is 0 Å². The summed E-state index contributed by atoms with van der Waals surface area (Å²) in [5, 5.41) is 9.51. The van der Waals surface area contributed by atoms with E-state index in [0.717, 1.165) is 0 Å². The first-order chi connectivity index (χ1) is 14.4. The minimum absolute atomic E-state index is 0.0159. The van der Waals surface area contributed by atoms with Crippen molar-refractivity contribution in [1.29, 1.82) is 0 Å². The van der Waals surface area contributed by atoms with Crippen LogP contribution in [0.2, 0.25) is 0 Å². The van der Waals surface area contributed by atoms with Crippen LogP contribution >= 0.6 is 0 Å². The normalized spacial score (nSPS) is 10.5. The number of carbonyl (C=O) groups is 3. The van der Waals surface area contributed by atoms with Gasteiger partial charge >= 0.3 is 0 Å². The molecule has 0 saturated heterocycles. The Bertz CT molecular complexity index is 1090. The molecule has 0 aliphatic rings. The number of halogens is 1. The molecule has 1 aromatic heterocycles. The van der Waals surface area contributed by atoms with Crippen LogP contribution in [0.3, 0.4) is 0 Å². The maximum Gasteiger partial charge on any atom is 0.259 e. The van der Waals surface area contributed by atoms with Crippen LogP contribution in [0.4, 0.5) is 10.1 Å². The Kier molecular flexibility index (Phi) is 6.21. The van der Waals surface area contributed by atoms with E-state index >= 15 is 0 Å². The number of nitrogens with one attached hydrogen (secondary N) is 2. The Morgan fingerprint density at radius 2 is 1.73 bits per heavy atom. The van der Waals surface area contributed by atoms with Crippen LogP contribution < -0.4 is 16.4 Å². The number of hydrogen-bond donors (Lipinski definition) is 3. The molecular formula is C21H20FN5O3. The number of hydrogen-bond acceptors (Lipinski definition) is 4. The highest BCUT2D eigenvalue weighted by molar-refractivity contribution is 6.09. The molecule has 0 aliphatic carbocycles. The van der Waals surface area contributed by atoms with Crippen molar-refractivity contribution in [3.63, 3.8) is 0 Å². The molecule has 1 heterocycles. The molecule has 3 rings (SSSR count). The lowest BCUT2D eigenvalue weighted by Gasteiger charge is -2.11. The van der Waals surface area contributed by atoms with Gasteiger partial charge in [0.05, 0.1) is 34.4 Å². The molecule has 0 atom stereocenters. The Morgan fingerprint density at radius 3 is 2.43 bits per heavy atom. The molecule has 3 amide bonds. The highest BCUT2D eigenvalue weighted by Gasteiger charge is 2.18. The molecule has 4 N–H and O–H groups in total. The topological polar surface area (TPSA) is 119 Å². The van der Waals surface area contributed by atoms with E-state index in [1.807, 2.05) is 0 Å². The van der Waals surface area contributed by atoms with E-state index < -0.39 is 17.7 Å². The predicted octanol–water partition coefficient (Wildman–Crippen LogP) is 2.18. The van der Waals surface area contributed by atoms with Gasteiger partial charge in [-0.3, -0.25) is 14.4 Å². The molecule has 30 heavy (non-hydrogen) atoms. The quantitative estimate of drug-likeness (QED) is 0.554. The first kappa shape index (κ1) is 20.7. The SMILES string of the molecule is Cc1c(C(=O)Nc2ccccc2C(=O)NCCC(N)=O)cnn1-c1ccc(F)cc1. The van der Waals surface area contributed by atoms with Crippen LogP contribution in [-0.4, -0.2) is 34.0 Å². The van der Waals surface area contributed by atoms with Gasteiger partial charge in [0.1, 0.15) is 5.82 Å². The summed E-state index contributed by atoms with van der Waals surface area (Å²) in [6, 6.07) is 12.2. The predicted molar refractivity (Wildman–Crippen MR) is 109 cm³/mol. The second-order valence-corrected chi connectivity index (χ2v) is 6.50. The molecule has 154 valence electrons. The summed E-state index contributed by atoms with van der Waals surface area (Å²) in [7, 11) is 0. The number of benzene rings is 2. The van der Waals surface area contributed by atoms with Gasteiger partial charge in [0.2, 0.25) is 5.91 Å². The fraction of sp³-hybridized carbons (Fsp3) is 0.143. The van der Waals surface area contributed by atoms with E-state index in [0.29, 0.717) is 22.6 Å². The first-order valence-electron chi connectivity index (χ1n) is 9.14. The zero-order valence-corrected chi connectivity index (χ0v) is 16.2. The first-order valence-corrected chi connectivity index (χ1v) is 9.14. The van der Waals surface area contributed by atoms with Gasteiger partial charge in [-0.15, -0.1) is 0 Å². The van der Waals surface area contributed by atoms with Crippen molar-refractivity contribution in [3.8, 4) is 5.69 Å². The summed E-state index contributed by atoms with van der Waals surface area (Å²) in [5.41, 5.74) is 7.11. The maximum absolute atomic E-state index is 13.1. The molecule has 0 saturated carbocycles. The second-order valence-electron chi connectivity index (χ2n) is 6.50. The average Bonchev–Trinajstić information content (AvgIpc) is 3.10. The fourth-order valence-electron chi connectivity index (χ4n) is 2.85. The minimum Gasteiger partial charge on any atom is -0.370 e. The van der Waals surface area contributed by atoms with Gasteiger partial charge in [-0.25, -0.2) is 9.07 Å². The number of nitrogens with zero attached hydrogens (tertiary/aromatic N) is 2. The third kappa shape index (κ3) is 4.69. The molecule has 0 spiro atoms. The second kappa shape index (κ2) is 8.99. The maximum atomic E-state index is 13.1. The largest absolute Gasteiger partial charge is 0.370 e. The minimum atomic E-state index is -0.523. The third-order valence-corrected chi connectivity index (χ3v) is 4.40. The van der Waals surface area contributed by atoms with Crippen molar-refractivity contribution in [2.24, 2.45) is 5.73 Å². The van der Waals surface area contributed by atoms with Crippen molar-refractivity contribution in [1.82, 2.24) is 15.1 Å². The van der Waals surface area contributed by atoms with E-state index in [2.05, 4.69) is 15.7 Å². The van der Waals surface area contributed by atoms with Crippen LogP contribution in [-0.2, 0) is 4.79 Å². The average molecular weight is 409 g/mol. The van der Waals surface area contributed by atoms with Gasteiger partial charge in [0.25, 0.3) is 11.8 Å². The van der Waals surface area contributed by atoms with Crippen LogP contribution in [0.15, 0.2) is 54.7 Å². The molecule has 3 aromatic rings. The third-order valence-electron chi connectivity index (χ3n) is 4.40. The summed E-state index contributed by atoms with van der Waals surface area (Å²) in [6.45, 7) is 1.81. The number of rotatable bonds is 7. The summed E-state index contributed by atoms with van der Waals surface area (Å²) in [6.07, 6.45) is 1.42. The molecule has 0 fully saturated rings. The Balaban J connectivity index is 1.78. The van der Waals surface area contributed by atoms with Crippen LogP contribution in [0, 0.1) is 12.7 Å². The van der Waals surface area contributed by atoms with Crippen molar-refractivity contribution in [2.75, 3.05) is 11.9 Å². The van der Waals surface area contributed by atoms with Crippen molar-refractivity contribution in [3.05, 3.63) is 77.4 Å². The Labute approximate surface area is 171 Å². The number of amides is 3. The Morgan fingerprint density at radius 1 is 1.03 bits per heavy atom. The molecule has 0 unspecified atom stereocenters. The lowest BCUT2D eigenvalue weighted by Crippen LogP contribution is -2.28. The molecular weight excluding hydrogens is 389 g/mol. The lowest BCUT2D eigenvalue weighted by molar-refractivity contribution is -0.117. The number of anilines is 1. The molecule has 0 bridgehead atoms. The van der Waals surface area contributed by atoms with E-state index in [1.54, 1.807) is 43.3 Å². The monoisotopic (exact) mass is 409 g/mol. The van der Waals surface area contributed by atoms with E-state index in [-0.39, 0.29) is 24.3 Å². The summed E-state index contributed by atoms with van der Waals surface area (Å²) in [5.74, 6) is -1.78. The van der Waals surface area contributed by atoms with Crippen molar-refractivity contribution in [2.45, 2.75) is 13.3 Å². The molecule has 8 nitrogen and oxygen atoms in total. The molecule has 2 aromatic carbocycles. The lowest BCUT2D eigenvalue weighted by atomic mass is 10.1. The summed E-state index contributed by atoms with van der Waals surface area (Å²) >= 11 is 0. The van der Waals surface area contributed by atoms with Gasteiger partial charge in [-0.05, 0) is 43.3 Å². The number of para-hydroxylation sites is 1. The van der Waals surface area contributed by atoms with E-state index in [4.69, 9.17) is 5.73 Å². The van der Waals surface area contributed by atoms with Crippen molar-refractivity contribution < 1.29 is 18.8 Å². The van der Waals surface area contributed by atoms with E-state index in [9.17, 15) is 18.8 Å². The highest BCUT2D eigenvalue weighted by atomic mass is 19.1. The standard InChI is InChI=1S/C21H20FN5O3/c1-13-17(12-25-27(13)15-8-6-14(22)7-9-15)21(30)26-18-5-3-2-4-16(18)20(29)24-11-10-19(23)28/h2-9,12H,10-11H2,1H3,(H2,23,28)(H,24,29)(H,26,30). The van der Waals surface area contributed by atoms with Gasteiger partial charge in [0.15, 0.2) is 0 Å². The summed E-state index contributed by atoms with van der Waals surface area (Å²) in [4.78, 5) is 36.0. The summed E-state index contributed by atoms with van der Waals surface area (Å²) < 4.78 is 14.7. The van der Waals surface area contributed by atoms with Gasteiger partial charge in [-0.2, -0.15) is 5.10 Å². The Hall–Kier alpha value is -4.01. The smallest absolute Gasteiger partial charge is 0.259 e. The van der Waals surface area contributed by atoms with Gasteiger partial charge < -0.3 is 16.4 Å². The number of carbonyl (C=O) groups excluding carboxylic acids is 3. The highest BCUT2D eigenvalue weighted by Crippen LogP contribution is 2.19. The molecule has 9 heteroatoms. The van der Waals surface area contributed by atoms with E-state index in [1.165, 1.54) is 23.0 Å². The molecule has 0 radical (unpaired) electrons. The van der Waals surface area contributed by atoms with Gasteiger partial charge in [0, 0.05) is 13.0 Å². The van der Waals surface area contributed by atoms with Gasteiger partial charge in [-0.1, -0.05) is 12.1 Å². The van der Waals surface area contributed by atoms with Crippen LogP contribution in [0.1, 0.15) is 32.8 Å². The number of primary amides is 1. The fourth-order valence-corrected chi connectivity index (χ4v) is 2.85.